The van der Waals surface area contributed by atoms with E-state index >= 15 is 0 Å². The molecule has 0 bridgehead atoms. The number of nitrogens with one attached hydrogen (secondary N) is 1. The molecule has 1 N–H and O–H groups in total. The molecule has 2 heterocycles. The van der Waals surface area contributed by atoms with E-state index in [0.717, 1.165) is 11.1 Å². The average Bonchev–Trinajstić information content (AvgIpc) is 3.10. The molecule has 2 aliphatic rings. The van der Waals surface area contributed by atoms with Crippen molar-refractivity contribution in [2.45, 2.75) is 0 Å². The number of carbonyl (C=O) groups is 1. The van der Waals surface area contributed by atoms with E-state index in [1.54, 1.807) is 31.4 Å². The zero-order valence-corrected chi connectivity index (χ0v) is 15.7. The minimum Gasteiger partial charge on any atom is -0.497 e. The Morgan fingerprint density at radius 2 is 1.93 bits per heavy atom. The number of fused-ring (bicyclic) bond motifs is 1. The van der Waals surface area contributed by atoms with Gasteiger partial charge in [0.15, 0.2) is 5.84 Å². The van der Waals surface area contributed by atoms with Crippen molar-refractivity contribution in [2.75, 3.05) is 7.11 Å². The molecule has 2 aromatic rings. The van der Waals surface area contributed by atoms with Crippen LogP contribution in [0.2, 0.25) is 5.02 Å². The Labute approximate surface area is 164 Å². The SMILES string of the molecule is COc1ccc(/C=C2\C(=N)N3N=C(c4ccccc4Cl)SC3=NC2=O)cc1. The van der Waals surface area contributed by atoms with E-state index in [4.69, 9.17) is 21.7 Å². The van der Waals surface area contributed by atoms with Crippen LogP contribution in [-0.2, 0) is 4.79 Å². The van der Waals surface area contributed by atoms with Gasteiger partial charge in [0.2, 0.25) is 5.17 Å². The Balaban J connectivity index is 1.68. The number of methoxy groups -OCH3 is 1. The van der Waals surface area contributed by atoms with Crippen molar-refractivity contribution >= 4 is 51.4 Å². The number of hydrogen-bond donors (Lipinski definition) is 1. The predicted molar refractivity (Wildman–Crippen MR) is 109 cm³/mol. The van der Waals surface area contributed by atoms with Crippen LogP contribution in [0.3, 0.4) is 0 Å². The number of thioether (sulfide) groups is 1. The number of hydrogen-bond acceptors (Lipinski definition) is 5. The number of halogens is 1. The highest BCUT2D eigenvalue weighted by atomic mass is 35.5. The number of nitrogens with zero attached hydrogens (tertiary/aromatic N) is 3. The van der Waals surface area contributed by atoms with Crippen LogP contribution in [0.15, 0.2) is 64.2 Å². The molecule has 1 amide bonds. The fourth-order valence-electron chi connectivity index (χ4n) is 2.60. The highest BCUT2D eigenvalue weighted by Gasteiger charge is 2.36. The number of carbonyl (C=O) groups excluding carboxylic acids is 1. The lowest BCUT2D eigenvalue weighted by Crippen LogP contribution is -2.35. The van der Waals surface area contributed by atoms with E-state index < -0.39 is 5.91 Å². The summed E-state index contributed by atoms with van der Waals surface area (Å²) in [7, 11) is 1.59. The number of amides is 1. The van der Waals surface area contributed by atoms with Crippen molar-refractivity contribution in [1.82, 2.24) is 5.01 Å². The van der Waals surface area contributed by atoms with E-state index in [1.165, 1.54) is 16.8 Å². The van der Waals surface area contributed by atoms with E-state index in [1.807, 2.05) is 30.3 Å². The predicted octanol–water partition coefficient (Wildman–Crippen LogP) is 4.02. The van der Waals surface area contributed by atoms with Crippen LogP contribution in [0, 0.1) is 5.41 Å². The monoisotopic (exact) mass is 396 g/mol. The molecule has 0 fully saturated rings. The van der Waals surface area contributed by atoms with Crippen LogP contribution < -0.4 is 4.74 Å². The maximum Gasteiger partial charge on any atom is 0.283 e. The zero-order chi connectivity index (χ0) is 19.0. The first-order valence-electron chi connectivity index (χ1n) is 7.96. The normalized spacial score (nSPS) is 17.7. The van der Waals surface area contributed by atoms with Gasteiger partial charge in [-0.05, 0) is 41.6 Å². The summed E-state index contributed by atoms with van der Waals surface area (Å²) in [6, 6.07) is 14.5. The molecule has 0 aliphatic carbocycles. The van der Waals surface area contributed by atoms with Gasteiger partial charge in [0, 0.05) is 5.56 Å². The Hall–Kier alpha value is -2.90. The number of amidine groups is 2. The van der Waals surface area contributed by atoms with E-state index in [0.29, 0.717) is 21.0 Å². The van der Waals surface area contributed by atoms with E-state index in [2.05, 4.69) is 10.1 Å². The van der Waals surface area contributed by atoms with Crippen molar-refractivity contribution in [3.63, 3.8) is 0 Å². The summed E-state index contributed by atoms with van der Waals surface area (Å²) in [6.07, 6.45) is 1.62. The second-order valence-electron chi connectivity index (χ2n) is 5.68. The molecular formula is C19H13ClN4O2S. The molecule has 2 aliphatic heterocycles. The molecule has 0 saturated heterocycles. The third-order valence-corrected chi connectivity index (χ3v) is 5.26. The highest BCUT2D eigenvalue weighted by Crippen LogP contribution is 2.33. The molecule has 0 unspecified atom stereocenters. The molecule has 2 aromatic carbocycles. The lowest BCUT2D eigenvalue weighted by atomic mass is 10.1. The van der Waals surface area contributed by atoms with Crippen LogP contribution >= 0.6 is 23.4 Å². The Kier molecular flexibility index (Phi) is 4.55. The molecule has 0 atom stereocenters. The summed E-state index contributed by atoms with van der Waals surface area (Å²) in [5.41, 5.74) is 1.68. The van der Waals surface area contributed by atoms with Crippen LogP contribution in [0.4, 0.5) is 0 Å². The molecular weight excluding hydrogens is 384 g/mol. The van der Waals surface area contributed by atoms with Crippen LogP contribution in [0.25, 0.3) is 6.08 Å². The minimum absolute atomic E-state index is 0.0182. The van der Waals surface area contributed by atoms with Gasteiger partial charge < -0.3 is 4.74 Å². The van der Waals surface area contributed by atoms with E-state index in [9.17, 15) is 4.79 Å². The summed E-state index contributed by atoms with van der Waals surface area (Å²) < 4.78 is 5.13. The summed E-state index contributed by atoms with van der Waals surface area (Å²) in [4.78, 5) is 16.5. The van der Waals surface area contributed by atoms with Crippen molar-refractivity contribution in [1.29, 1.82) is 5.41 Å². The van der Waals surface area contributed by atoms with Crippen molar-refractivity contribution in [3.05, 3.63) is 70.3 Å². The van der Waals surface area contributed by atoms with Crippen LogP contribution in [0.5, 0.6) is 5.75 Å². The number of benzene rings is 2. The zero-order valence-electron chi connectivity index (χ0n) is 14.1. The van der Waals surface area contributed by atoms with Gasteiger partial charge in [0.05, 0.1) is 17.7 Å². The third-order valence-electron chi connectivity index (χ3n) is 3.99. The molecule has 0 aromatic heterocycles. The second kappa shape index (κ2) is 7.02. The van der Waals surface area contributed by atoms with Crippen LogP contribution in [-0.4, -0.2) is 34.1 Å². The highest BCUT2D eigenvalue weighted by molar-refractivity contribution is 8.27. The maximum absolute atomic E-state index is 12.4. The van der Waals surface area contributed by atoms with Gasteiger partial charge in [-0.25, -0.2) is 0 Å². The quantitative estimate of drug-likeness (QED) is 0.795. The summed E-state index contributed by atoms with van der Waals surface area (Å²) in [5, 5.41) is 15.7. The molecule has 8 heteroatoms. The molecule has 0 saturated carbocycles. The number of ether oxygens (including phenoxy) is 1. The number of aliphatic imine (C=N–C) groups is 1. The van der Waals surface area contributed by atoms with Crippen molar-refractivity contribution < 1.29 is 9.53 Å². The molecule has 4 rings (SSSR count). The Morgan fingerprint density at radius 1 is 1.19 bits per heavy atom. The van der Waals surface area contributed by atoms with Crippen LogP contribution in [0.1, 0.15) is 11.1 Å². The molecule has 0 radical (unpaired) electrons. The first kappa shape index (κ1) is 17.5. The first-order valence-corrected chi connectivity index (χ1v) is 9.15. The van der Waals surface area contributed by atoms with Gasteiger partial charge >= 0.3 is 0 Å². The van der Waals surface area contributed by atoms with Gasteiger partial charge in [0.1, 0.15) is 10.8 Å². The average molecular weight is 397 g/mol. The standard InChI is InChI=1S/C19H13ClN4O2S/c1-26-12-8-6-11(7-9-12)10-14-16(21)24-19(22-17(14)25)27-18(23-24)13-4-2-3-5-15(13)20/h2-10,21H,1H3/b14-10+,21-16?. The molecule has 27 heavy (non-hydrogen) atoms. The van der Waals surface area contributed by atoms with Gasteiger partial charge in [-0.3, -0.25) is 10.2 Å². The second-order valence-corrected chi connectivity index (χ2v) is 7.04. The summed E-state index contributed by atoms with van der Waals surface area (Å²) >= 11 is 7.45. The van der Waals surface area contributed by atoms with Gasteiger partial charge in [-0.1, -0.05) is 41.9 Å². The fourth-order valence-corrected chi connectivity index (χ4v) is 3.81. The first-order chi connectivity index (χ1) is 13.1. The molecule has 0 spiro atoms. The van der Waals surface area contributed by atoms with Gasteiger partial charge in [-0.2, -0.15) is 15.1 Å². The van der Waals surface area contributed by atoms with Crippen molar-refractivity contribution in [2.24, 2.45) is 10.1 Å². The Morgan fingerprint density at radius 3 is 2.63 bits per heavy atom. The molecule has 134 valence electrons. The third kappa shape index (κ3) is 3.27. The topological polar surface area (TPSA) is 78.1 Å². The van der Waals surface area contributed by atoms with E-state index in [-0.39, 0.29) is 11.4 Å². The number of hydrazone groups is 1. The van der Waals surface area contributed by atoms with Gasteiger partial charge in [0.25, 0.3) is 5.91 Å². The Bertz CT molecular complexity index is 1040. The molecule has 6 nitrogen and oxygen atoms in total. The van der Waals surface area contributed by atoms with Gasteiger partial charge in [-0.15, -0.1) is 0 Å². The summed E-state index contributed by atoms with van der Waals surface area (Å²) in [5.74, 6) is 0.230. The largest absolute Gasteiger partial charge is 0.497 e. The van der Waals surface area contributed by atoms with Crippen molar-refractivity contribution in [3.8, 4) is 5.75 Å². The smallest absolute Gasteiger partial charge is 0.283 e. The fraction of sp³-hybridized carbons (Fsp3) is 0.0526. The minimum atomic E-state index is -0.467. The lowest BCUT2D eigenvalue weighted by Gasteiger charge is -2.20. The summed E-state index contributed by atoms with van der Waals surface area (Å²) in [6.45, 7) is 0. The number of rotatable bonds is 3. The lowest BCUT2D eigenvalue weighted by molar-refractivity contribution is -0.114. The maximum atomic E-state index is 12.4.